The van der Waals surface area contributed by atoms with Gasteiger partial charge in [0.05, 0.1) is 6.26 Å². The second-order valence-electron chi connectivity index (χ2n) is 5.20. The summed E-state index contributed by atoms with van der Waals surface area (Å²) in [5.41, 5.74) is -1.12. The van der Waals surface area contributed by atoms with Crippen LogP contribution in [-0.4, -0.2) is 15.2 Å². The Morgan fingerprint density at radius 1 is 1.36 bits per heavy atom. The minimum atomic E-state index is -0.591. The number of hydrogen-bond donors (Lipinski definition) is 1. The average Bonchev–Trinajstić information content (AvgIpc) is 3.02. The van der Waals surface area contributed by atoms with Gasteiger partial charge in [0.2, 0.25) is 0 Å². The molecule has 0 spiro atoms. The van der Waals surface area contributed by atoms with E-state index < -0.39 is 11.2 Å². The van der Waals surface area contributed by atoms with Gasteiger partial charge in [0, 0.05) is 26.6 Å². The van der Waals surface area contributed by atoms with E-state index in [1.54, 1.807) is 6.26 Å². The highest BCUT2D eigenvalue weighted by atomic mass is 16.3. The number of furan rings is 1. The largest absolute Gasteiger partial charge is 0.469 e. The molecule has 2 aromatic rings. The summed E-state index contributed by atoms with van der Waals surface area (Å²) < 4.78 is 7.48. The summed E-state index contributed by atoms with van der Waals surface area (Å²) in [5.74, 6) is 1.12. The number of hydrogen-bond acceptors (Lipinski definition) is 5. The predicted molar refractivity (Wildman–Crippen MR) is 81.8 cm³/mol. The van der Waals surface area contributed by atoms with Crippen molar-refractivity contribution in [1.29, 1.82) is 5.26 Å². The van der Waals surface area contributed by atoms with Gasteiger partial charge in [0.25, 0.3) is 5.56 Å². The van der Waals surface area contributed by atoms with E-state index in [4.69, 9.17) is 4.42 Å². The molecule has 1 atom stereocenters. The summed E-state index contributed by atoms with van der Waals surface area (Å²) >= 11 is 0. The maximum Gasteiger partial charge on any atom is 0.332 e. The monoisotopic (exact) mass is 302 g/mol. The third-order valence-electron chi connectivity index (χ3n) is 3.56. The van der Waals surface area contributed by atoms with E-state index in [2.05, 4.69) is 5.32 Å². The minimum Gasteiger partial charge on any atom is -0.469 e. The van der Waals surface area contributed by atoms with Gasteiger partial charge in [-0.3, -0.25) is 13.9 Å². The molecule has 22 heavy (non-hydrogen) atoms. The molecule has 0 saturated carbocycles. The molecule has 2 aromatic heterocycles. The van der Waals surface area contributed by atoms with Gasteiger partial charge in [0.1, 0.15) is 17.6 Å². The van der Waals surface area contributed by atoms with E-state index >= 15 is 0 Å². The van der Waals surface area contributed by atoms with Crippen LogP contribution in [0.4, 0.5) is 5.82 Å². The number of aryl methyl sites for hydroxylation is 1. The molecule has 116 valence electrons. The van der Waals surface area contributed by atoms with Crippen LogP contribution in [0.15, 0.2) is 32.4 Å². The molecule has 0 radical (unpaired) electrons. The average molecular weight is 302 g/mol. The van der Waals surface area contributed by atoms with Crippen molar-refractivity contribution < 1.29 is 4.42 Å². The first-order valence-corrected chi connectivity index (χ1v) is 6.94. The fourth-order valence-electron chi connectivity index (χ4n) is 2.23. The van der Waals surface area contributed by atoms with Crippen LogP contribution >= 0.6 is 0 Å². The van der Waals surface area contributed by atoms with E-state index in [0.29, 0.717) is 0 Å². The fourth-order valence-corrected chi connectivity index (χ4v) is 2.23. The second-order valence-corrected chi connectivity index (χ2v) is 5.20. The van der Waals surface area contributed by atoms with E-state index in [-0.39, 0.29) is 17.4 Å². The van der Waals surface area contributed by atoms with Crippen molar-refractivity contribution in [2.24, 2.45) is 14.1 Å². The first-order valence-electron chi connectivity index (χ1n) is 6.94. The van der Waals surface area contributed by atoms with Gasteiger partial charge in [-0.05, 0) is 25.5 Å². The highest BCUT2D eigenvalue weighted by Crippen LogP contribution is 2.12. The predicted octanol–water partition coefficient (Wildman–Crippen LogP) is 0.982. The van der Waals surface area contributed by atoms with Crippen molar-refractivity contribution in [2.75, 3.05) is 5.32 Å². The van der Waals surface area contributed by atoms with Gasteiger partial charge < -0.3 is 9.73 Å². The highest BCUT2D eigenvalue weighted by molar-refractivity contribution is 5.51. The Labute approximate surface area is 127 Å². The molecule has 1 N–H and O–H groups in total. The quantitative estimate of drug-likeness (QED) is 0.888. The zero-order valence-corrected chi connectivity index (χ0v) is 12.8. The van der Waals surface area contributed by atoms with Crippen LogP contribution in [0, 0.1) is 11.3 Å². The summed E-state index contributed by atoms with van der Waals surface area (Å²) in [7, 11) is 2.89. The lowest BCUT2D eigenvalue weighted by Crippen LogP contribution is -2.40. The Hall–Kier alpha value is -2.75. The number of nitrogens with one attached hydrogen (secondary N) is 1. The fraction of sp³-hybridized carbons (Fsp3) is 0.400. The normalized spacial score (nSPS) is 11.9. The Kier molecular flexibility index (Phi) is 4.51. The van der Waals surface area contributed by atoms with Gasteiger partial charge in [0.15, 0.2) is 5.56 Å². The Morgan fingerprint density at radius 3 is 2.68 bits per heavy atom. The molecule has 0 aliphatic carbocycles. The van der Waals surface area contributed by atoms with Crippen LogP contribution in [0.3, 0.4) is 0 Å². The van der Waals surface area contributed by atoms with E-state index in [9.17, 15) is 14.9 Å². The maximum absolute atomic E-state index is 12.0. The van der Waals surface area contributed by atoms with E-state index in [1.807, 2.05) is 25.1 Å². The molecule has 2 rings (SSSR count). The second kappa shape index (κ2) is 6.35. The lowest BCUT2D eigenvalue weighted by molar-refractivity contribution is 0.494. The Morgan fingerprint density at radius 2 is 2.09 bits per heavy atom. The Bertz CT molecular complexity index is 809. The smallest absolute Gasteiger partial charge is 0.332 e. The number of anilines is 1. The standard InChI is InChI=1S/C15H18N4O3/c1-10(6-7-11-5-4-8-22-11)17-13-12(9-16)14(20)19(3)15(21)18(13)2/h4-5,8,10,17H,6-7H2,1-3H3/t10-/m0/s1. The van der Waals surface area contributed by atoms with Crippen molar-refractivity contribution in [2.45, 2.75) is 25.8 Å². The first kappa shape index (κ1) is 15.6. The van der Waals surface area contributed by atoms with E-state index in [1.165, 1.54) is 18.7 Å². The van der Waals surface area contributed by atoms with Gasteiger partial charge >= 0.3 is 5.69 Å². The molecule has 0 bridgehead atoms. The SMILES string of the molecule is C[C@@H](CCc1ccco1)Nc1c(C#N)c(=O)n(C)c(=O)n1C. The molecule has 0 aliphatic rings. The molecular weight excluding hydrogens is 284 g/mol. The van der Waals surface area contributed by atoms with Crippen molar-refractivity contribution in [3.63, 3.8) is 0 Å². The summed E-state index contributed by atoms with van der Waals surface area (Å²) in [4.78, 5) is 24.0. The number of nitrogens with zero attached hydrogens (tertiary/aromatic N) is 3. The molecular formula is C15H18N4O3. The molecule has 0 aliphatic heterocycles. The Balaban J connectivity index is 2.24. The minimum absolute atomic E-state index is 0.0325. The molecule has 0 saturated heterocycles. The third kappa shape index (κ3) is 2.96. The van der Waals surface area contributed by atoms with Crippen LogP contribution < -0.4 is 16.6 Å². The summed E-state index contributed by atoms with van der Waals surface area (Å²) in [5, 5.41) is 12.3. The molecule has 0 amide bonds. The van der Waals surface area contributed by atoms with Crippen LogP contribution in [0.2, 0.25) is 0 Å². The lowest BCUT2D eigenvalue weighted by atomic mass is 10.1. The van der Waals surface area contributed by atoms with Crippen molar-refractivity contribution >= 4 is 5.82 Å². The van der Waals surface area contributed by atoms with E-state index in [0.717, 1.165) is 23.2 Å². The molecule has 7 nitrogen and oxygen atoms in total. The van der Waals surface area contributed by atoms with Gasteiger partial charge in [-0.1, -0.05) is 0 Å². The molecule has 0 aromatic carbocycles. The lowest BCUT2D eigenvalue weighted by Gasteiger charge is -2.18. The van der Waals surface area contributed by atoms with Gasteiger partial charge in [-0.2, -0.15) is 5.26 Å². The van der Waals surface area contributed by atoms with Gasteiger partial charge in [-0.15, -0.1) is 0 Å². The maximum atomic E-state index is 12.0. The zero-order valence-electron chi connectivity index (χ0n) is 12.8. The van der Waals surface area contributed by atoms with Crippen molar-refractivity contribution in [3.8, 4) is 6.07 Å². The van der Waals surface area contributed by atoms with Crippen LogP contribution in [0.5, 0.6) is 0 Å². The topological polar surface area (TPSA) is 93.0 Å². The number of nitriles is 1. The van der Waals surface area contributed by atoms with Crippen molar-refractivity contribution in [3.05, 3.63) is 50.6 Å². The summed E-state index contributed by atoms with van der Waals surface area (Å²) in [6, 6.07) is 5.56. The van der Waals surface area contributed by atoms with Gasteiger partial charge in [-0.25, -0.2) is 4.79 Å². The molecule has 2 heterocycles. The highest BCUT2D eigenvalue weighted by Gasteiger charge is 2.17. The van der Waals surface area contributed by atoms with Crippen LogP contribution in [0.1, 0.15) is 24.7 Å². The zero-order chi connectivity index (χ0) is 16.3. The number of aromatic nitrogens is 2. The van der Waals surface area contributed by atoms with Crippen LogP contribution in [-0.2, 0) is 20.5 Å². The van der Waals surface area contributed by atoms with Crippen molar-refractivity contribution in [1.82, 2.24) is 9.13 Å². The molecule has 7 heteroatoms. The summed E-state index contributed by atoms with van der Waals surface area (Å²) in [6.45, 7) is 1.92. The summed E-state index contributed by atoms with van der Waals surface area (Å²) in [6.07, 6.45) is 3.08. The molecule has 0 fully saturated rings. The molecule has 0 unspecified atom stereocenters. The third-order valence-corrected chi connectivity index (χ3v) is 3.56. The van der Waals surface area contributed by atoms with Crippen LogP contribution in [0.25, 0.3) is 0 Å². The number of rotatable bonds is 5. The first-order chi connectivity index (χ1) is 10.5.